The average Bonchev–Trinajstić information content (AvgIpc) is 2.04. The molecule has 0 aliphatic rings. The van der Waals surface area contributed by atoms with Crippen molar-refractivity contribution in [2.45, 2.75) is 39.5 Å². The van der Waals surface area contributed by atoms with Crippen LogP contribution in [0, 0.1) is 5.92 Å². The molecule has 0 fully saturated rings. The van der Waals surface area contributed by atoms with Gasteiger partial charge in [0, 0.05) is 0 Å². The summed E-state index contributed by atoms with van der Waals surface area (Å²) in [4.78, 5) is 10.6. The molecule has 0 heterocycles. The van der Waals surface area contributed by atoms with Crippen molar-refractivity contribution in [1.82, 2.24) is 0 Å². The molecule has 0 amide bonds. The summed E-state index contributed by atoms with van der Waals surface area (Å²) >= 11 is 0. The van der Waals surface area contributed by atoms with E-state index in [-0.39, 0.29) is 5.92 Å². The van der Waals surface area contributed by atoms with Gasteiger partial charge in [-0.15, -0.1) is 0 Å². The number of carboxylic acid groups (broad SMARTS) is 1. The third kappa shape index (κ3) is 4.94. The van der Waals surface area contributed by atoms with Crippen LogP contribution < -0.4 is 0 Å². The van der Waals surface area contributed by atoms with Crippen LogP contribution in [0.3, 0.4) is 0 Å². The summed E-state index contributed by atoms with van der Waals surface area (Å²) in [6.07, 6.45) is 7.60. The minimum atomic E-state index is -0.682. The van der Waals surface area contributed by atoms with Gasteiger partial charge >= 0.3 is 5.97 Å². The first-order valence-corrected chi connectivity index (χ1v) is 4.60. The van der Waals surface area contributed by atoms with Crippen molar-refractivity contribution in [1.29, 1.82) is 0 Å². The zero-order valence-corrected chi connectivity index (χ0v) is 7.92. The van der Waals surface area contributed by atoms with E-state index >= 15 is 0 Å². The summed E-state index contributed by atoms with van der Waals surface area (Å²) in [5, 5.41) is 8.70. The summed E-state index contributed by atoms with van der Waals surface area (Å²) in [6, 6.07) is 0. The summed E-state index contributed by atoms with van der Waals surface area (Å²) in [6.45, 7) is 4.02. The lowest BCUT2D eigenvalue weighted by Crippen LogP contribution is -2.11. The predicted octanol–water partition coefficient (Wildman–Crippen LogP) is 2.84. The molecule has 0 saturated heterocycles. The van der Waals surface area contributed by atoms with E-state index in [2.05, 4.69) is 13.0 Å². The Morgan fingerprint density at radius 3 is 2.50 bits per heavy atom. The number of hydrogen-bond acceptors (Lipinski definition) is 1. The Morgan fingerprint density at radius 2 is 2.08 bits per heavy atom. The van der Waals surface area contributed by atoms with E-state index in [4.69, 9.17) is 5.11 Å². The second kappa shape index (κ2) is 6.89. The van der Waals surface area contributed by atoms with Gasteiger partial charge in [0.2, 0.25) is 0 Å². The Hall–Kier alpha value is -0.790. The van der Waals surface area contributed by atoms with Crippen LogP contribution in [0.1, 0.15) is 39.5 Å². The molecule has 0 aromatic rings. The molecule has 2 nitrogen and oxygen atoms in total. The molecule has 1 N–H and O–H groups in total. The first kappa shape index (κ1) is 11.2. The Morgan fingerprint density at radius 1 is 1.42 bits per heavy atom. The zero-order chi connectivity index (χ0) is 9.40. The van der Waals surface area contributed by atoms with Gasteiger partial charge in [0.25, 0.3) is 0 Å². The van der Waals surface area contributed by atoms with Crippen LogP contribution in [0.2, 0.25) is 0 Å². The number of carboxylic acids is 1. The normalized spacial score (nSPS) is 13.5. The second-order valence-corrected chi connectivity index (χ2v) is 2.94. The lowest BCUT2D eigenvalue weighted by Gasteiger charge is -2.04. The molecule has 0 radical (unpaired) electrons. The molecule has 0 spiro atoms. The Kier molecular flexibility index (Phi) is 6.44. The number of rotatable bonds is 6. The van der Waals surface area contributed by atoms with Gasteiger partial charge in [-0.1, -0.05) is 32.4 Å². The van der Waals surface area contributed by atoms with Gasteiger partial charge in [0.1, 0.15) is 0 Å². The number of unbranched alkanes of at least 4 members (excludes halogenated alkanes) is 1. The molecule has 0 aromatic carbocycles. The molecule has 0 aromatic heterocycles. The maximum Gasteiger partial charge on any atom is 0.306 e. The maximum atomic E-state index is 10.6. The fourth-order valence-corrected chi connectivity index (χ4v) is 0.987. The third-order valence-electron chi connectivity index (χ3n) is 1.88. The van der Waals surface area contributed by atoms with Gasteiger partial charge < -0.3 is 5.11 Å². The van der Waals surface area contributed by atoms with Crippen molar-refractivity contribution in [3.63, 3.8) is 0 Å². The fourth-order valence-electron chi connectivity index (χ4n) is 0.987. The highest BCUT2D eigenvalue weighted by atomic mass is 16.4. The Balaban J connectivity index is 3.64. The van der Waals surface area contributed by atoms with Crippen molar-refractivity contribution < 1.29 is 9.90 Å². The summed E-state index contributed by atoms with van der Waals surface area (Å²) < 4.78 is 0. The van der Waals surface area contributed by atoms with E-state index in [1.54, 1.807) is 0 Å². The maximum absolute atomic E-state index is 10.6. The molecule has 0 saturated carbocycles. The van der Waals surface area contributed by atoms with E-state index in [1.165, 1.54) is 0 Å². The molecule has 2 heteroatoms. The van der Waals surface area contributed by atoms with Gasteiger partial charge in [0.05, 0.1) is 5.92 Å². The zero-order valence-electron chi connectivity index (χ0n) is 7.92. The van der Waals surface area contributed by atoms with Gasteiger partial charge in [-0.3, -0.25) is 4.79 Å². The quantitative estimate of drug-likeness (QED) is 0.622. The van der Waals surface area contributed by atoms with Crippen LogP contribution >= 0.6 is 0 Å². The number of aliphatic carboxylic acids is 1. The molecule has 0 rings (SSSR count). The molecule has 70 valence electrons. The summed E-state index contributed by atoms with van der Waals surface area (Å²) in [7, 11) is 0. The minimum Gasteiger partial charge on any atom is -0.481 e. The van der Waals surface area contributed by atoms with E-state index in [0.29, 0.717) is 12.8 Å². The van der Waals surface area contributed by atoms with Gasteiger partial charge in [-0.2, -0.15) is 0 Å². The van der Waals surface area contributed by atoms with Gasteiger partial charge in [-0.05, 0) is 19.3 Å². The SMILES string of the molecule is CCCC=CCC(CC)C(=O)O. The average molecular weight is 170 g/mol. The first-order valence-electron chi connectivity index (χ1n) is 4.60. The van der Waals surface area contributed by atoms with E-state index in [1.807, 2.05) is 13.0 Å². The van der Waals surface area contributed by atoms with Crippen LogP contribution in [-0.4, -0.2) is 11.1 Å². The van der Waals surface area contributed by atoms with E-state index < -0.39 is 5.97 Å². The van der Waals surface area contributed by atoms with Gasteiger partial charge in [-0.25, -0.2) is 0 Å². The fraction of sp³-hybridized carbons (Fsp3) is 0.700. The van der Waals surface area contributed by atoms with Crippen molar-refractivity contribution in [3.05, 3.63) is 12.2 Å². The molecule has 0 bridgehead atoms. The lowest BCUT2D eigenvalue weighted by atomic mass is 10.0. The monoisotopic (exact) mass is 170 g/mol. The Bertz CT molecular complexity index is 150. The van der Waals surface area contributed by atoms with Gasteiger partial charge in [0.15, 0.2) is 0 Å². The van der Waals surface area contributed by atoms with Crippen LogP contribution in [-0.2, 0) is 4.79 Å². The number of carbonyl (C=O) groups is 1. The van der Waals surface area contributed by atoms with Crippen molar-refractivity contribution >= 4 is 5.97 Å². The largest absolute Gasteiger partial charge is 0.481 e. The van der Waals surface area contributed by atoms with Crippen LogP contribution in [0.5, 0.6) is 0 Å². The van der Waals surface area contributed by atoms with Crippen LogP contribution in [0.4, 0.5) is 0 Å². The highest BCUT2D eigenvalue weighted by molar-refractivity contribution is 5.70. The van der Waals surface area contributed by atoms with Crippen molar-refractivity contribution in [2.75, 3.05) is 0 Å². The van der Waals surface area contributed by atoms with Crippen molar-refractivity contribution in [3.8, 4) is 0 Å². The highest BCUT2D eigenvalue weighted by Crippen LogP contribution is 2.09. The molecular weight excluding hydrogens is 152 g/mol. The molecule has 1 unspecified atom stereocenters. The molecule has 0 aliphatic carbocycles. The van der Waals surface area contributed by atoms with Crippen molar-refractivity contribution in [2.24, 2.45) is 5.92 Å². The predicted molar refractivity (Wildman–Crippen MR) is 50.1 cm³/mol. The number of hydrogen-bond donors (Lipinski definition) is 1. The molecular formula is C10H18O2. The topological polar surface area (TPSA) is 37.3 Å². The summed E-state index contributed by atoms with van der Waals surface area (Å²) in [5.74, 6) is -0.878. The molecule has 0 aliphatic heterocycles. The van der Waals surface area contributed by atoms with Crippen LogP contribution in [0.15, 0.2) is 12.2 Å². The lowest BCUT2D eigenvalue weighted by molar-refractivity contribution is -0.141. The van der Waals surface area contributed by atoms with E-state index in [0.717, 1.165) is 12.8 Å². The third-order valence-corrected chi connectivity index (χ3v) is 1.88. The highest BCUT2D eigenvalue weighted by Gasteiger charge is 2.11. The summed E-state index contributed by atoms with van der Waals surface area (Å²) in [5.41, 5.74) is 0. The second-order valence-electron chi connectivity index (χ2n) is 2.94. The van der Waals surface area contributed by atoms with E-state index in [9.17, 15) is 4.79 Å². The standard InChI is InChI=1S/C10H18O2/c1-3-5-6-7-8-9(4-2)10(11)12/h6-7,9H,3-5,8H2,1-2H3,(H,11,12). The van der Waals surface area contributed by atoms with Crippen LogP contribution in [0.25, 0.3) is 0 Å². The molecule has 12 heavy (non-hydrogen) atoms. The number of allylic oxidation sites excluding steroid dienone is 2. The minimum absolute atomic E-state index is 0.196. The molecule has 1 atom stereocenters. The first-order chi connectivity index (χ1) is 5.72. The Labute approximate surface area is 74.3 Å². The smallest absolute Gasteiger partial charge is 0.306 e.